The Balaban J connectivity index is 1.81. The number of hydrogen-bond donors (Lipinski definition) is 1. The molecule has 116 valence electrons. The normalized spacial score (nSPS) is 20.0. The molecule has 0 saturated heterocycles. The molecule has 0 atom stereocenters. The third-order valence-corrected chi connectivity index (χ3v) is 5.78. The lowest BCUT2D eigenvalue weighted by atomic mass is 9.64. The molecule has 3 nitrogen and oxygen atoms in total. The maximum Gasteiger partial charge on any atom is 0.119 e. The van der Waals surface area contributed by atoms with Crippen LogP contribution in [0.5, 0.6) is 5.75 Å². The summed E-state index contributed by atoms with van der Waals surface area (Å²) in [7, 11) is 1.69. The molecule has 1 heterocycles. The number of ether oxygens (including phenoxy) is 1. The molecule has 0 amide bonds. The average molecular weight is 296 g/mol. The van der Waals surface area contributed by atoms with Crippen molar-refractivity contribution >= 4 is 16.6 Å². The molecular weight excluding hydrogens is 272 g/mol. The lowest BCUT2D eigenvalue weighted by Crippen LogP contribution is -2.32. The fraction of sp³-hybridized carbons (Fsp3) is 0.526. The summed E-state index contributed by atoms with van der Waals surface area (Å²) in [6.07, 6.45) is 10.4. The minimum atomic E-state index is 0.494. The number of aryl methyl sites for hydroxylation is 1. The quantitative estimate of drug-likeness (QED) is 0.855. The summed E-state index contributed by atoms with van der Waals surface area (Å²) in [5, 5.41) is 1.05. The van der Waals surface area contributed by atoms with Crippen molar-refractivity contribution < 1.29 is 4.74 Å². The van der Waals surface area contributed by atoms with Crippen LogP contribution >= 0.6 is 0 Å². The third kappa shape index (κ3) is 2.15. The molecule has 1 saturated carbocycles. The second-order valence-corrected chi connectivity index (χ2v) is 7.07. The van der Waals surface area contributed by atoms with E-state index in [1.54, 1.807) is 7.11 Å². The van der Waals surface area contributed by atoms with Crippen LogP contribution in [0.4, 0.5) is 5.69 Å². The number of hydrogen-bond acceptors (Lipinski definition) is 3. The molecule has 2 aromatic rings. The van der Waals surface area contributed by atoms with Gasteiger partial charge in [0.25, 0.3) is 0 Å². The minimum Gasteiger partial charge on any atom is -0.497 e. The molecule has 0 aliphatic heterocycles. The molecule has 1 aromatic carbocycles. The standard InChI is InChI=1S/C19H24N2O/c1-22-13-5-6-16-14(11-13)18(20)15-12-19(8-3-2-4-9-19)10-7-17(15)21-16/h5-6,11H,2-4,7-10,12H2,1H3,(H2,20,21). The Morgan fingerprint density at radius 1 is 1.14 bits per heavy atom. The van der Waals surface area contributed by atoms with E-state index in [2.05, 4.69) is 0 Å². The average Bonchev–Trinajstić information content (AvgIpc) is 2.56. The van der Waals surface area contributed by atoms with Gasteiger partial charge < -0.3 is 10.5 Å². The molecule has 0 radical (unpaired) electrons. The number of anilines is 1. The summed E-state index contributed by atoms with van der Waals surface area (Å²) in [5.74, 6) is 0.851. The zero-order valence-electron chi connectivity index (χ0n) is 13.3. The van der Waals surface area contributed by atoms with Gasteiger partial charge in [-0.15, -0.1) is 0 Å². The number of fused-ring (bicyclic) bond motifs is 2. The SMILES string of the molecule is COc1ccc2nc3c(c(N)c2c1)CC1(CCCCC1)CC3. The van der Waals surface area contributed by atoms with Gasteiger partial charge in [0.15, 0.2) is 0 Å². The molecule has 3 heteroatoms. The van der Waals surface area contributed by atoms with Gasteiger partial charge in [-0.2, -0.15) is 0 Å². The van der Waals surface area contributed by atoms with Crippen LogP contribution in [0, 0.1) is 5.41 Å². The fourth-order valence-corrected chi connectivity index (χ4v) is 4.47. The Bertz CT molecular complexity index is 717. The first-order valence-corrected chi connectivity index (χ1v) is 8.46. The molecular formula is C19H24N2O. The third-order valence-electron chi connectivity index (χ3n) is 5.78. The van der Waals surface area contributed by atoms with Crippen molar-refractivity contribution in [2.24, 2.45) is 5.41 Å². The van der Waals surface area contributed by atoms with Gasteiger partial charge in [0.05, 0.1) is 12.6 Å². The molecule has 0 unspecified atom stereocenters. The Kier molecular flexibility index (Phi) is 3.24. The summed E-state index contributed by atoms with van der Waals surface area (Å²) in [4.78, 5) is 4.89. The summed E-state index contributed by atoms with van der Waals surface area (Å²) < 4.78 is 5.35. The molecule has 1 spiro atoms. The van der Waals surface area contributed by atoms with Gasteiger partial charge in [0.1, 0.15) is 5.75 Å². The Morgan fingerprint density at radius 3 is 2.73 bits per heavy atom. The number of aromatic nitrogens is 1. The highest BCUT2D eigenvalue weighted by Crippen LogP contribution is 2.48. The molecule has 2 aliphatic rings. The van der Waals surface area contributed by atoms with Crippen molar-refractivity contribution in [2.75, 3.05) is 12.8 Å². The highest BCUT2D eigenvalue weighted by atomic mass is 16.5. The van der Waals surface area contributed by atoms with Gasteiger partial charge >= 0.3 is 0 Å². The van der Waals surface area contributed by atoms with E-state index in [9.17, 15) is 0 Å². The Labute approximate surface area is 131 Å². The number of pyridine rings is 1. The maximum absolute atomic E-state index is 6.56. The Morgan fingerprint density at radius 2 is 1.95 bits per heavy atom. The number of nitrogen functional groups attached to an aromatic ring is 1. The van der Waals surface area contributed by atoms with Crippen LogP contribution in [0.2, 0.25) is 0 Å². The molecule has 1 aromatic heterocycles. The number of benzene rings is 1. The van der Waals surface area contributed by atoms with E-state index in [0.717, 1.165) is 35.2 Å². The van der Waals surface area contributed by atoms with Crippen molar-refractivity contribution in [3.05, 3.63) is 29.5 Å². The summed E-state index contributed by atoms with van der Waals surface area (Å²) in [6, 6.07) is 6.02. The second-order valence-electron chi connectivity index (χ2n) is 7.07. The van der Waals surface area contributed by atoms with Crippen LogP contribution in [-0.4, -0.2) is 12.1 Å². The van der Waals surface area contributed by atoms with Crippen molar-refractivity contribution in [1.82, 2.24) is 4.98 Å². The predicted molar refractivity (Wildman–Crippen MR) is 90.3 cm³/mol. The molecule has 0 bridgehead atoms. The zero-order chi connectivity index (χ0) is 15.2. The number of nitrogens with zero attached hydrogens (tertiary/aromatic N) is 1. The predicted octanol–water partition coefficient (Wildman–Crippen LogP) is 4.26. The van der Waals surface area contributed by atoms with Gasteiger partial charge in [0, 0.05) is 16.8 Å². The van der Waals surface area contributed by atoms with Crippen LogP contribution in [0.1, 0.15) is 49.8 Å². The highest BCUT2D eigenvalue weighted by molar-refractivity contribution is 5.93. The molecule has 2 N–H and O–H groups in total. The van der Waals surface area contributed by atoms with E-state index in [-0.39, 0.29) is 0 Å². The maximum atomic E-state index is 6.56. The minimum absolute atomic E-state index is 0.494. The lowest BCUT2D eigenvalue weighted by molar-refractivity contribution is 0.161. The number of nitrogens with two attached hydrogens (primary N) is 1. The smallest absolute Gasteiger partial charge is 0.119 e. The van der Waals surface area contributed by atoms with Crippen LogP contribution < -0.4 is 10.5 Å². The summed E-state index contributed by atoms with van der Waals surface area (Å²) in [6.45, 7) is 0. The van der Waals surface area contributed by atoms with Gasteiger partial charge in [-0.05, 0) is 61.3 Å². The monoisotopic (exact) mass is 296 g/mol. The van der Waals surface area contributed by atoms with E-state index < -0.39 is 0 Å². The first kappa shape index (κ1) is 13.9. The van der Waals surface area contributed by atoms with Gasteiger partial charge in [-0.1, -0.05) is 19.3 Å². The zero-order valence-corrected chi connectivity index (χ0v) is 13.3. The topological polar surface area (TPSA) is 48.1 Å². The highest BCUT2D eigenvalue weighted by Gasteiger charge is 2.37. The van der Waals surface area contributed by atoms with E-state index >= 15 is 0 Å². The van der Waals surface area contributed by atoms with Crippen LogP contribution in [0.25, 0.3) is 10.9 Å². The summed E-state index contributed by atoms with van der Waals surface area (Å²) >= 11 is 0. The van der Waals surface area contributed by atoms with Crippen molar-refractivity contribution in [2.45, 2.75) is 51.4 Å². The van der Waals surface area contributed by atoms with E-state index in [4.69, 9.17) is 15.5 Å². The molecule has 1 fully saturated rings. The van der Waals surface area contributed by atoms with Crippen molar-refractivity contribution in [3.8, 4) is 5.75 Å². The first-order chi connectivity index (χ1) is 10.7. The number of rotatable bonds is 1. The largest absolute Gasteiger partial charge is 0.497 e. The van der Waals surface area contributed by atoms with Crippen LogP contribution in [-0.2, 0) is 12.8 Å². The molecule has 22 heavy (non-hydrogen) atoms. The summed E-state index contributed by atoms with van der Waals surface area (Å²) in [5.41, 5.74) is 11.5. The lowest BCUT2D eigenvalue weighted by Gasteiger charge is -2.41. The fourth-order valence-electron chi connectivity index (χ4n) is 4.47. The second kappa shape index (κ2) is 5.15. The number of methoxy groups -OCH3 is 1. The van der Waals surface area contributed by atoms with Gasteiger partial charge in [0.2, 0.25) is 0 Å². The van der Waals surface area contributed by atoms with Crippen LogP contribution in [0.15, 0.2) is 18.2 Å². The van der Waals surface area contributed by atoms with E-state index in [1.165, 1.54) is 49.8 Å². The van der Waals surface area contributed by atoms with Crippen LogP contribution in [0.3, 0.4) is 0 Å². The molecule has 4 rings (SSSR count). The van der Waals surface area contributed by atoms with Crippen molar-refractivity contribution in [3.63, 3.8) is 0 Å². The first-order valence-electron chi connectivity index (χ1n) is 8.46. The van der Waals surface area contributed by atoms with Gasteiger partial charge in [-0.3, -0.25) is 4.98 Å². The van der Waals surface area contributed by atoms with E-state index in [0.29, 0.717) is 5.41 Å². The van der Waals surface area contributed by atoms with Gasteiger partial charge in [-0.25, -0.2) is 0 Å². The van der Waals surface area contributed by atoms with E-state index in [1.807, 2.05) is 18.2 Å². The Hall–Kier alpha value is -1.77. The molecule has 2 aliphatic carbocycles. The van der Waals surface area contributed by atoms with Crippen molar-refractivity contribution in [1.29, 1.82) is 0 Å².